The van der Waals surface area contributed by atoms with Crippen LogP contribution in [0.5, 0.6) is 5.75 Å². The summed E-state index contributed by atoms with van der Waals surface area (Å²) in [6.45, 7) is 5.64. The summed E-state index contributed by atoms with van der Waals surface area (Å²) in [5, 5.41) is 10.6. The molecule has 1 fully saturated rings. The predicted molar refractivity (Wildman–Crippen MR) is 101 cm³/mol. The number of ether oxygens (including phenoxy) is 1. The fourth-order valence-electron chi connectivity index (χ4n) is 3.37. The average Bonchev–Trinajstić information content (AvgIpc) is 2.64. The second kappa shape index (κ2) is 8.48. The van der Waals surface area contributed by atoms with Crippen molar-refractivity contribution in [1.82, 2.24) is 0 Å². The van der Waals surface area contributed by atoms with Crippen molar-refractivity contribution in [2.24, 2.45) is 4.99 Å². The molecule has 1 saturated heterocycles. The van der Waals surface area contributed by atoms with E-state index < -0.39 is 0 Å². The number of benzene rings is 2. The number of morpholine rings is 1. The third-order valence-electron chi connectivity index (χ3n) is 4.65. The van der Waals surface area contributed by atoms with Crippen LogP contribution in [0.3, 0.4) is 0 Å². The van der Waals surface area contributed by atoms with Crippen LogP contribution in [0.1, 0.15) is 24.1 Å². The molecule has 1 aliphatic heterocycles. The second-order valence-corrected chi connectivity index (χ2v) is 6.82. The van der Waals surface area contributed by atoms with Crippen LogP contribution in [-0.4, -0.2) is 43.7 Å². The summed E-state index contributed by atoms with van der Waals surface area (Å²) in [5.74, 6) is 0.190. The second-order valence-electron chi connectivity index (χ2n) is 6.38. The molecule has 0 unspecified atom stereocenters. The lowest BCUT2D eigenvalue weighted by atomic mass is 9.98. The van der Waals surface area contributed by atoms with Crippen molar-refractivity contribution in [3.8, 4) is 5.75 Å². The monoisotopic (exact) mass is 359 g/mol. The Hall–Kier alpha value is -1.88. The van der Waals surface area contributed by atoms with Gasteiger partial charge >= 0.3 is 0 Å². The molecule has 2 aromatic carbocycles. The summed E-state index contributed by atoms with van der Waals surface area (Å²) in [7, 11) is 0. The lowest BCUT2D eigenvalue weighted by molar-refractivity contribution is -0.940. The van der Waals surface area contributed by atoms with E-state index in [1.807, 2.05) is 6.07 Å². The zero-order valence-corrected chi connectivity index (χ0v) is 15.1. The van der Waals surface area contributed by atoms with Crippen molar-refractivity contribution < 1.29 is 14.7 Å². The van der Waals surface area contributed by atoms with Gasteiger partial charge in [0.05, 0.1) is 13.2 Å². The van der Waals surface area contributed by atoms with Gasteiger partial charge in [0.2, 0.25) is 0 Å². The van der Waals surface area contributed by atoms with Crippen molar-refractivity contribution in [3.05, 3.63) is 64.7 Å². The van der Waals surface area contributed by atoms with Crippen LogP contribution in [-0.2, 0) is 4.74 Å². The minimum Gasteiger partial charge on any atom is -0.507 e. The first-order valence-corrected chi connectivity index (χ1v) is 9.02. The number of quaternary nitrogens is 1. The van der Waals surface area contributed by atoms with Gasteiger partial charge in [-0.1, -0.05) is 41.9 Å². The molecule has 0 aromatic heterocycles. The Bertz CT molecular complexity index is 715. The first-order chi connectivity index (χ1) is 12.1. The summed E-state index contributed by atoms with van der Waals surface area (Å²) in [6, 6.07) is 15.8. The molecular weight excluding hydrogens is 336 g/mol. The standard InChI is InChI=1S/C20H23ClN2O2/c1-15(22-14-17-13-18(21)7-8-19(17)24)20(16-5-3-2-4-6-16)23-9-11-25-12-10-23/h2-8,13-15,20,24H,9-12H2,1H3/p+1/t15-,20-/m0/s1. The molecule has 4 nitrogen and oxygen atoms in total. The number of aromatic hydroxyl groups is 1. The van der Waals surface area contributed by atoms with Gasteiger partial charge in [0.1, 0.15) is 30.9 Å². The van der Waals surface area contributed by atoms with Crippen molar-refractivity contribution >= 4 is 17.8 Å². The molecule has 3 rings (SSSR count). The molecule has 1 heterocycles. The van der Waals surface area contributed by atoms with Crippen LogP contribution in [0.15, 0.2) is 53.5 Å². The van der Waals surface area contributed by atoms with Crippen LogP contribution in [0, 0.1) is 0 Å². The summed E-state index contributed by atoms with van der Waals surface area (Å²) < 4.78 is 5.52. The topological polar surface area (TPSA) is 46.3 Å². The highest BCUT2D eigenvalue weighted by atomic mass is 35.5. The number of nitrogens with one attached hydrogen (secondary N) is 1. The first-order valence-electron chi connectivity index (χ1n) is 8.64. The highest BCUT2D eigenvalue weighted by molar-refractivity contribution is 6.30. The molecule has 1 aliphatic rings. The Labute approximate surface area is 153 Å². The van der Waals surface area contributed by atoms with E-state index in [1.165, 1.54) is 10.5 Å². The van der Waals surface area contributed by atoms with E-state index in [-0.39, 0.29) is 17.8 Å². The van der Waals surface area contributed by atoms with Gasteiger partial charge in [-0.25, -0.2) is 0 Å². The fourth-order valence-corrected chi connectivity index (χ4v) is 3.55. The van der Waals surface area contributed by atoms with E-state index in [4.69, 9.17) is 21.3 Å². The number of rotatable bonds is 5. The predicted octanol–water partition coefficient (Wildman–Crippen LogP) is 2.51. The number of halogens is 1. The van der Waals surface area contributed by atoms with Crippen LogP contribution < -0.4 is 4.90 Å². The minimum absolute atomic E-state index is 0.0638. The number of aliphatic imine (C=N–C) groups is 1. The first kappa shape index (κ1) is 17.9. The molecule has 0 spiro atoms. The Kier molecular flexibility index (Phi) is 6.08. The Morgan fingerprint density at radius 2 is 1.88 bits per heavy atom. The van der Waals surface area contributed by atoms with E-state index in [1.54, 1.807) is 24.4 Å². The zero-order chi connectivity index (χ0) is 17.6. The van der Waals surface area contributed by atoms with Crippen LogP contribution in [0.25, 0.3) is 0 Å². The Balaban J connectivity index is 1.84. The van der Waals surface area contributed by atoms with Crippen molar-refractivity contribution in [3.63, 3.8) is 0 Å². The summed E-state index contributed by atoms with van der Waals surface area (Å²) in [4.78, 5) is 6.23. The molecule has 2 N–H and O–H groups in total. The smallest absolute Gasteiger partial charge is 0.136 e. The van der Waals surface area contributed by atoms with Gasteiger partial charge in [-0.2, -0.15) is 0 Å². The van der Waals surface area contributed by atoms with E-state index in [0.717, 1.165) is 26.3 Å². The molecule has 0 radical (unpaired) electrons. The van der Waals surface area contributed by atoms with E-state index in [2.05, 4.69) is 31.2 Å². The molecule has 2 atom stereocenters. The lowest BCUT2D eigenvalue weighted by Gasteiger charge is -2.33. The van der Waals surface area contributed by atoms with E-state index in [9.17, 15) is 5.11 Å². The van der Waals surface area contributed by atoms with Crippen LogP contribution in [0.2, 0.25) is 5.02 Å². The average molecular weight is 360 g/mol. The molecule has 132 valence electrons. The van der Waals surface area contributed by atoms with Crippen molar-refractivity contribution in [2.45, 2.75) is 19.0 Å². The molecular formula is C20H24ClN2O2+. The minimum atomic E-state index is 0.0638. The lowest BCUT2D eigenvalue weighted by Crippen LogP contribution is -3.15. The molecule has 5 heteroatoms. The number of phenols is 1. The van der Waals surface area contributed by atoms with Crippen LogP contribution in [0.4, 0.5) is 0 Å². The van der Waals surface area contributed by atoms with Crippen LogP contribution >= 0.6 is 11.6 Å². The SMILES string of the molecule is C[C@H](N=Cc1cc(Cl)ccc1O)[C@@H](c1ccccc1)[NH+]1CCOCC1. The number of phenolic OH excluding ortho intramolecular Hbond substituents is 1. The molecule has 25 heavy (non-hydrogen) atoms. The molecule has 0 bridgehead atoms. The van der Waals surface area contributed by atoms with Gasteiger partial charge in [-0.15, -0.1) is 0 Å². The summed E-state index contributed by atoms with van der Waals surface area (Å²) >= 11 is 6.02. The quantitative estimate of drug-likeness (QED) is 0.806. The molecule has 0 saturated carbocycles. The summed E-state index contributed by atoms with van der Waals surface area (Å²) in [6.07, 6.45) is 1.72. The van der Waals surface area contributed by atoms with Gasteiger partial charge < -0.3 is 14.7 Å². The largest absolute Gasteiger partial charge is 0.507 e. The third kappa shape index (κ3) is 4.60. The van der Waals surface area contributed by atoms with Gasteiger partial charge in [0.15, 0.2) is 0 Å². The summed E-state index contributed by atoms with van der Waals surface area (Å²) in [5.41, 5.74) is 1.92. The van der Waals surface area contributed by atoms with E-state index >= 15 is 0 Å². The van der Waals surface area contributed by atoms with Crippen molar-refractivity contribution in [1.29, 1.82) is 0 Å². The Morgan fingerprint density at radius 3 is 2.60 bits per heavy atom. The Morgan fingerprint density at radius 1 is 1.16 bits per heavy atom. The highest BCUT2D eigenvalue weighted by Crippen LogP contribution is 2.21. The maximum Gasteiger partial charge on any atom is 0.136 e. The highest BCUT2D eigenvalue weighted by Gasteiger charge is 2.30. The molecule has 2 aromatic rings. The third-order valence-corrected chi connectivity index (χ3v) is 4.89. The van der Waals surface area contributed by atoms with Gasteiger partial charge in [-0.05, 0) is 25.1 Å². The van der Waals surface area contributed by atoms with E-state index in [0.29, 0.717) is 10.6 Å². The van der Waals surface area contributed by atoms with Crippen molar-refractivity contribution in [2.75, 3.05) is 26.3 Å². The normalized spacial score (nSPS) is 18.3. The number of nitrogens with zero attached hydrogens (tertiary/aromatic N) is 1. The maximum atomic E-state index is 9.98. The van der Waals surface area contributed by atoms with Gasteiger partial charge in [0.25, 0.3) is 0 Å². The number of hydrogen-bond donors (Lipinski definition) is 2. The molecule has 0 aliphatic carbocycles. The maximum absolute atomic E-state index is 9.98. The van der Waals surface area contributed by atoms with Gasteiger partial charge in [-0.3, -0.25) is 4.99 Å². The fraction of sp³-hybridized carbons (Fsp3) is 0.350. The zero-order valence-electron chi connectivity index (χ0n) is 14.4. The molecule has 0 amide bonds. The van der Waals surface area contributed by atoms with Gasteiger partial charge in [0, 0.05) is 22.4 Å². The number of hydrogen-bond acceptors (Lipinski definition) is 3.